The molecule has 0 aliphatic heterocycles. The molecule has 2 aromatic rings. The minimum atomic E-state index is -1.03. The van der Waals surface area contributed by atoms with Gasteiger partial charge in [-0.1, -0.05) is 24.3 Å². The molecule has 3 N–H and O–H groups in total. The molecular weight excluding hydrogens is 218 g/mol. The Balaban J connectivity index is 2.41. The molecule has 2 unspecified atom stereocenters. The van der Waals surface area contributed by atoms with E-state index in [1.54, 1.807) is 12.3 Å². The lowest BCUT2D eigenvalue weighted by atomic mass is 9.99. The second-order valence-corrected chi connectivity index (χ2v) is 3.95. The van der Waals surface area contributed by atoms with Gasteiger partial charge < -0.3 is 15.3 Å². The summed E-state index contributed by atoms with van der Waals surface area (Å²) in [6, 6.07) is 9.17. The second kappa shape index (κ2) is 5.23. The third kappa shape index (κ3) is 2.44. The fourth-order valence-corrected chi connectivity index (χ4v) is 1.86. The SMILES string of the molecule is OCCC(O)C(O)c1cccc2cccnc12. The van der Waals surface area contributed by atoms with Crippen molar-refractivity contribution >= 4 is 10.9 Å². The number of rotatable bonds is 4. The summed E-state index contributed by atoms with van der Waals surface area (Å²) in [5.41, 5.74) is 1.27. The van der Waals surface area contributed by atoms with Crippen LogP contribution in [-0.4, -0.2) is 33.0 Å². The molecule has 2 rings (SSSR count). The first kappa shape index (κ1) is 12.0. The van der Waals surface area contributed by atoms with E-state index >= 15 is 0 Å². The monoisotopic (exact) mass is 233 g/mol. The molecule has 17 heavy (non-hydrogen) atoms. The van der Waals surface area contributed by atoms with Gasteiger partial charge >= 0.3 is 0 Å². The Hall–Kier alpha value is -1.49. The van der Waals surface area contributed by atoms with Crippen LogP contribution in [0, 0.1) is 0 Å². The number of nitrogens with zero attached hydrogens (tertiary/aromatic N) is 1. The fourth-order valence-electron chi connectivity index (χ4n) is 1.86. The maximum atomic E-state index is 10.0. The van der Waals surface area contributed by atoms with Crippen molar-refractivity contribution in [3.8, 4) is 0 Å². The molecule has 0 amide bonds. The van der Waals surface area contributed by atoms with Crippen LogP contribution in [-0.2, 0) is 0 Å². The fraction of sp³-hybridized carbons (Fsp3) is 0.308. The first-order chi connectivity index (χ1) is 8.24. The zero-order valence-corrected chi connectivity index (χ0v) is 9.32. The smallest absolute Gasteiger partial charge is 0.107 e. The predicted molar refractivity (Wildman–Crippen MR) is 64.4 cm³/mol. The highest BCUT2D eigenvalue weighted by molar-refractivity contribution is 5.81. The summed E-state index contributed by atoms with van der Waals surface area (Å²) < 4.78 is 0. The Morgan fingerprint density at radius 2 is 1.88 bits per heavy atom. The topological polar surface area (TPSA) is 73.6 Å². The number of aliphatic hydroxyl groups is 3. The molecule has 0 bridgehead atoms. The van der Waals surface area contributed by atoms with Gasteiger partial charge in [0.15, 0.2) is 0 Å². The molecule has 0 aliphatic carbocycles. The summed E-state index contributed by atoms with van der Waals surface area (Å²) in [5.74, 6) is 0. The Morgan fingerprint density at radius 3 is 2.65 bits per heavy atom. The highest BCUT2D eigenvalue weighted by atomic mass is 16.3. The van der Waals surface area contributed by atoms with Crippen LogP contribution in [0.25, 0.3) is 10.9 Å². The number of para-hydroxylation sites is 1. The average molecular weight is 233 g/mol. The van der Waals surface area contributed by atoms with E-state index in [-0.39, 0.29) is 13.0 Å². The first-order valence-corrected chi connectivity index (χ1v) is 5.54. The van der Waals surface area contributed by atoms with Crippen LogP contribution in [0.3, 0.4) is 0 Å². The van der Waals surface area contributed by atoms with Gasteiger partial charge in [-0.3, -0.25) is 4.98 Å². The quantitative estimate of drug-likeness (QED) is 0.737. The summed E-state index contributed by atoms with van der Waals surface area (Å²) >= 11 is 0. The van der Waals surface area contributed by atoms with Crippen LogP contribution in [0.4, 0.5) is 0 Å². The summed E-state index contributed by atoms with van der Waals surface area (Å²) in [4.78, 5) is 4.21. The van der Waals surface area contributed by atoms with Gasteiger partial charge in [-0.2, -0.15) is 0 Å². The molecule has 0 saturated heterocycles. The van der Waals surface area contributed by atoms with E-state index in [9.17, 15) is 10.2 Å². The highest BCUT2D eigenvalue weighted by Crippen LogP contribution is 2.25. The van der Waals surface area contributed by atoms with E-state index in [0.29, 0.717) is 11.1 Å². The Bertz CT molecular complexity index is 495. The van der Waals surface area contributed by atoms with E-state index in [1.807, 2.05) is 24.3 Å². The lowest BCUT2D eigenvalue weighted by Gasteiger charge is -2.18. The third-order valence-electron chi connectivity index (χ3n) is 2.77. The molecule has 0 spiro atoms. The normalized spacial score (nSPS) is 14.8. The van der Waals surface area contributed by atoms with E-state index in [2.05, 4.69) is 4.98 Å². The first-order valence-electron chi connectivity index (χ1n) is 5.54. The lowest BCUT2D eigenvalue weighted by Crippen LogP contribution is -2.19. The molecule has 0 saturated carbocycles. The van der Waals surface area contributed by atoms with E-state index in [1.165, 1.54) is 0 Å². The summed E-state index contributed by atoms with van der Waals surface area (Å²) in [5, 5.41) is 29.4. The molecule has 1 aromatic heterocycles. The van der Waals surface area contributed by atoms with Crippen LogP contribution in [0.5, 0.6) is 0 Å². The van der Waals surface area contributed by atoms with Gasteiger partial charge in [0.25, 0.3) is 0 Å². The predicted octanol–water partition coefficient (Wildman–Crippen LogP) is 1.01. The number of aromatic nitrogens is 1. The van der Waals surface area contributed by atoms with Crippen LogP contribution in [0.2, 0.25) is 0 Å². The Morgan fingerprint density at radius 1 is 1.12 bits per heavy atom. The summed E-state index contributed by atoms with van der Waals surface area (Å²) in [6.45, 7) is -0.156. The molecule has 0 fully saturated rings. The van der Waals surface area contributed by atoms with Gasteiger partial charge in [0.2, 0.25) is 0 Å². The van der Waals surface area contributed by atoms with E-state index in [0.717, 1.165) is 5.39 Å². The van der Waals surface area contributed by atoms with Crippen molar-refractivity contribution in [2.75, 3.05) is 6.61 Å². The van der Waals surface area contributed by atoms with Crippen LogP contribution in [0.1, 0.15) is 18.1 Å². The number of aliphatic hydroxyl groups excluding tert-OH is 3. The zero-order chi connectivity index (χ0) is 12.3. The molecule has 4 nitrogen and oxygen atoms in total. The van der Waals surface area contributed by atoms with Crippen LogP contribution >= 0.6 is 0 Å². The molecule has 0 aliphatic rings. The van der Waals surface area contributed by atoms with Gasteiger partial charge in [0, 0.05) is 23.8 Å². The van der Waals surface area contributed by atoms with Gasteiger partial charge in [-0.25, -0.2) is 0 Å². The van der Waals surface area contributed by atoms with Crippen LogP contribution < -0.4 is 0 Å². The average Bonchev–Trinajstić information content (AvgIpc) is 2.37. The van der Waals surface area contributed by atoms with Crippen molar-refractivity contribution in [1.29, 1.82) is 0 Å². The van der Waals surface area contributed by atoms with Crippen molar-refractivity contribution in [2.24, 2.45) is 0 Å². The second-order valence-electron chi connectivity index (χ2n) is 3.95. The number of fused-ring (bicyclic) bond motifs is 1. The maximum absolute atomic E-state index is 10.0. The van der Waals surface area contributed by atoms with Gasteiger partial charge in [0.1, 0.15) is 6.10 Å². The van der Waals surface area contributed by atoms with Crippen LogP contribution in [0.15, 0.2) is 36.5 Å². The molecule has 2 atom stereocenters. The number of hydrogen-bond acceptors (Lipinski definition) is 4. The van der Waals surface area contributed by atoms with E-state index in [4.69, 9.17) is 5.11 Å². The molecule has 90 valence electrons. The Labute approximate surface area is 99.2 Å². The lowest BCUT2D eigenvalue weighted by molar-refractivity contribution is 0.00491. The maximum Gasteiger partial charge on any atom is 0.107 e. The number of benzene rings is 1. The van der Waals surface area contributed by atoms with Gasteiger partial charge in [-0.05, 0) is 12.5 Å². The third-order valence-corrected chi connectivity index (χ3v) is 2.77. The zero-order valence-electron chi connectivity index (χ0n) is 9.32. The minimum Gasteiger partial charge on any atom is -0.396 e. The number of hydrogen-bond donors (Lipinski definition) is 3. The summed E-state index contributed by atoms with van der Waals surface area (Å²) in [6.07, 6.45) is -0.213. The minimum absolute atomic E-state index is 0.143. The number of pyridine rings is 1. The Kier molecular flexibility index (Phi) is 3.68. The molecule has 1 aromatic carbocycles. The highest BCUT2D eigenvalue weighted by Gasteiger charge is 2.20. The van der Waals surface area contributed by atoms with E-state index < -0.39 is 12.2 Å². The molecule has 0 radical (unpaired) electrons. The largest absolute Gasteiger partial charge is 0.396 e. The van der Waals surface area contributed by atoms with Crippen molar-refractivity contribution < 1.29 is 15.3 Å². The van der Waals surface area contributed by atoms with Gasteiger partial charge in [0.05, 0.1) is 11.6 Å². The van der Waals surface area contributed by atoms with Crippen molar-refractivity contribution in [1.82, 2.24) is 4.98 Å². The van der Waals surface area contributed by atoms with Crippen molar-refractivity contribution in [3.63, 3.8) is 0 Å². The van der Waals surface area contributed by atoms with Gasteiger partial charge in [-0.15, -0.1) is 0 Å². The molecule has 1 heterocycles. The van der Waals surface area contributed by atoms with Crippen molar-refractivity contribution in [3.05, 3.63) is 42.1 Å². The van der Waals surface area contributed by atoms with Crippen molar-refractivity contribution in [2.45, 2.75) is 18.6 Å². The standard InChI is InChI=1S/C13H15NO3/c15-8-6-11(16)13(17)10-5-1-3-9-4-2-7-14-12(9)10/h1-5,7,11,13,15-17H,6,8H2. The molecule has 4 heteroatoms. The summed E-state index contributed by atoms with van der Waals surface area (Å²) in [7, 11) is 0. The molecular formula is C13H15NO3.